The average Bonchev–Trinajstić information content (AvgIpc) is 3.33. The number of para-hydroxylation sites is 1. The van der Waals surface area contributed by atoms with Crippen LogP contribution in [0, 0.1) is 6.92 Å². The Balaban J connectivity index is 1.72. The van der Waals surface area contributed by atoms with E-state index in [0.29, 0.717) is 48.4 Å². The second-order valence-electron chi connectivity index (χ2n) is 8.45. The SMILES string of the molecule is C=C(COc1ccccc1)N(Cc1cccc(C(F)(F)F)c1C)c1nc(N2CCOCC2)sc1C(N)=O. The fraction of sp³-hybridized carbons (Fsp3) is 0.308. The van der Waals surface area contributed by atoms with E-state index in [1.807, 2.05) is 23.1 Å². The molecule has 1 amide bonds. The molecule has 0 unspecified atom stereocenters. The second-order valence-corrected chi connectivity index (χ2v) is 9.43. The number of hydrogen-bond donors (Lipinski definition) is 1. The number of carbonyl (C=O) groups excluding carboxylic acids is 1. The Labute approximate surface area is 216 Å². The van der Waals surface area contributed by atoms with E-state index < -0.39 is 17.6 Å². The molecule has 2 aromatic carbocycles. The molecule has 196 valence electrons. The minimum atomic E-state index is -4.50. The number of nitrogens with zero attached hydrogens (tertiary/aromatic N) is 3. The van der Waals surface area contributed by atoms with Crippen molar-refractivity contribution in [1.82, 2.24) is 4.98 Å². The van der Waals surface area contributed by atoms with Crippen LogP contribution >= 0.6 is 11.3 Å². The number of ether oxygens (including phenoxy) is 2. The molecule has 2 heterocycles. The molecular weight excluding hydrogens is 505 g/mol. The molecule has 1 fully saturated rings. The molecule has 0 radical (unpaired) electrons. The van der Waals surface area contributed by atoms with E-state index in [2.05, 4.69) is 6.58 Å². The molecule has 0 spiro atoms. The van der Waals surface area contributed by atoms with Crippen molar-refractivity contribution in [2.24, 2.45) is 5.73 Å². The molecule has 2 N–H and O–H groups in total. The predicted molar refractivity (Wildman–Crippen MR) is 137 cm³/mol. The lowest BCUT2D eigenvalue weighted by Gasteiger charge is -2.28. The molecule has 4 rings (SSSR count). The molecule has 1 aliphatic rings. The van der Waals surface area contributed by atoms with Crippen LogP contribution in [0.25, 0.3) is 0 Å². The lowest BCUT2D eigenvalue weighted by molar-refractivity contribution is -0.138. The van der Waals surface area contributed by atoms with Gasteiger partial charge in [0, 0.05) is 19.6 Å². The van der Waals surface area contributed by atoms with Gasteiger partial charge in [0.15, 0.2) is 10.9 Å². The summed E-state index contributed by atoms with van der Waals surface area (Å²) in [5, 5.41) is 0.578. The second kappa shape index (κ2) is 11.2. The highest BCUT2D eigenvalue weighted by Gasteiger charge is 2.33. The lowest BCUT2D eigenvalue weighted by atomic mass is 10.0. The van der Waals surface area contributed by atoms with Crippen molar-refractivity contribution in [1.29, 1.82) is 0 Å². The summed E-state index contributed by atoms with van der Waals surface area (Å²) in [6.07, 6.45) is -4.50. The van der Waals surface area contributed by atoms with E-state index in [4.69, 9.17) is 20.2 Å². The highest BCUT2D eigenvalue weighted by atomic mass is 32.1. The number of alkyl halides is 3. The van der Waals surface area contributed by atoms with Crippen LogP contribution in [0.1, 0.15) is 26.4 Å². The number of nitrogens with two attached hydrogens (primary N) is 1. The zero-order valence-electron chi connectivity index (χ0n) is 20.3. The average molecular weight is 533 g/mol. The monoisotopic (exact) mass is 532 g/mol. The summed E-state index contributed by atoms with van der Waals surface area (Å²) in [6.45, 7) is 7.78. The largest absolute Gasteiger partial charge is 0.487 e. The van der Waals surface area contributed by atoms with Crippen LogP contribution in [0.2, 0.25) is 0 Å². The first kappa shape index (κ1) is 26.5. The van der Waals surface area contributed by atoms with Crippen molar-refractivity contribution in [3.8, 4) is 5.75 Å². The first-order valence-corrected chi connectivity index (χ1v) is 12.4. The normalized spacial score (nSPS) is 13.9. The van der Waals surface area contributed by atoms with Crippen molar-refractivity contribution in [3.63, 3.8) is 0 Å². The van der Waals surface area contributed by atoms with E-state index in [0.717, 1.165) is 17.4 Å². The van der Waals surface area contributed by atoms with Gasteiger partial charge in [-0.3, -0.25) is 4.79 Å². The van der Waals surface area contributed by atoms with Crippen LogP contribution in [0.4, 0.5) is 24.1 Å². The summed E-state index contributed by atoms with van der Waals surface area (Å²) < 4.78 is 52.0. The number of aromatic nitrogens is 1. The summed E-state index contributed by atoms with van der Waals surface area (Å²) in [4.78, 5) is 20.9. The summed E-state index contributed by atoms with van der Waals surface area (Å²) in [5.74, 6) is 0.147. The van der Waals surface area contributed by atoms with Crippen LogP contribution < -0.4 is 20.3 Å². The van der Waals surface area contributed by atoms with Gasteiger partial charge in [-0.1, -0.05) is 48.2 Å². The maximum atomic E-state index is 13.6. The third-order valence-corrected chi connectivity index (χ3v) is 7.09. The molecule has 11 heteroatoms. The maximum absolute atomic E-state index is 13.6. The minimum absolute atomic E-state index is 0.0146. The zero-order valence-corrected chi connectivity index (χ0v) is 21.1. The van der Waals surface area contributed by atoms with Gasteiger partial charge < -0.3 is 25.0 Å². The third kappa shape index (κ3) is 6.23. The molecule has 3 aromatic rings. The number of morpholine rings is 1. The summed E-state index contributed by atoms with van der Waals surface area (Å²) in [7, 11) is 0. The number of halogens is 3. The van der Waals surface area contributed by atoms with Crippen LogP contribution in [0.15, 0.2) is 60.8 Å². The Morgan fingerprint density at radius 2 is 1.89 bits per heavy atom. The van der Waals surface area contributed by atoms with E-state index >= 15 is 0 Å². The fourth-order valence-electron chi connectivity index (χ4n) is 3.96. The standard InChI is InChI=1S/C26H27F3N4O3S/c1-17(16-36-20-8-4-3-5-9-20)33(15-19-7-6-10-21(18(19)2)26(27,28)29)24-22(23(30)34)37-25(31-24)32-11-13-35-14-12-32/h3-10H,1,11-16H2,2H3,(H2,30,34). The van der Waals surface area contributed by atoms with Crippen LogP contribution in [-0.4, -0.2) is 43.8 Å². The van der Waals surface area contributed by atoms with Crippen molar-refractivity contribution in [2.75, 3.05) is 42.7 Å². The summed E-state index contributed by atoms with van der Waals surface area (Å²) >= 11 is 1.14. The van der Waals surface area contributed by atoms with Crippen LogP contribution in [0.3, 0.4) is 0 Å². The summed E-state index contributed by atoms with van der Waals surface area (Å²) in [6, 6.07) is 13.1. The fourth-order valence-corrected chi connectivity index (χ4v) is 4.94. The molecule has 1 aromatic heterocycles. The molecule has 1 saturated heterocycles. The van der Waals surface area contributed by atoms with Gasteiger partial charge in [0.1, 0.15) is 17.2 Å². The smallest absolute Gasteiger partial charge is 0.416 e. The Morgan fingerprint density at radius 1 is 1.19 bits per heavy atom. The molecule has 0 atom stereocenters. The maximum Gasteiger partial charge on any atom is 0.416 e. The number of amides is 1. The number of anilines is 2. The predicted octanol–water partition coefficient (Wildman–Crippen LogP) is 5.01. The number of primary amides is 1. The van der Waals surface area contributed by atoms with E-state index in [1.165, 1.54) is 13.0 Å². The van der Waals surface area contributed by atoms with Gasteiger partial charge in [-0.25, -0.2) is 4.98 Å². The Morgan fingerprint density at radius 3 is 2.54 bits per heavy atom. The number of thiazole rings is 1. The highest BCUT2D eigenvalue weighted by Crippen LogP contribution is 2.37. The van der Waals surface area contributed by atoms with Crippen molar-refractivity contribution < 1.29 is 27.4 Å². The van der Waals surface area contributed by atoms with E-state index in [-0.39, 0.29) is 29.4 Å². The molecule has 0 bridgehead atoms. The Hall–Kier alpha value is -3.57. The topological polar surface area (TPSA) is 80.9 Å². The molecule has 0 aliphatic carbocycles. The quantitative estimate of drug-likeness (QED) is 0.418. The van der Waals surface area contributed by atoms with Gasteiger partial charge in [-0.2, -0.15) is 13.2 Å². The first-order valence-electron chi connectivity index (χ1n) is 11.6. The van der Waals surface area contributed by atoms with Gasteiger partial charge in [0.05, 0.1) is 24.5 Å². The van der Waals surface area contributed by atoms with E-state index in [1.54, 1.807) is 23.1 Å². The minimum Gasteiger partial charge on any atom is -0.487 e. The van der Waals surface area contributed by atoms with Gasteiger partial charge in [-0.15, -0.1) is 0 Å². The van der Waals surface area contributed by atoms with Crippen molar-refractivity contribution in [3.05, 3.63) is 82.4 Å². The molecule has 37 heavy (non-hydrogen) atoms. The molecule has 7 nitrogen and oxygen atoms in total. The van der Waals surface area contributed by atoms with Gasteiger partial charge in [0.2, 0.25) is 0 Å². The Bertz CT molecular complexity index is 1260. The van der Waals surface area contributed by atoms with Gasteiger partial charge in [0.25, 0.3) is 5.91 Å². The summed E-state index contributed by atoms with van der Waals surface area (Å²) in [5.41, 5.74) is 5.89. The Kier molecular flexibility index (Phi) is 8.03. The van der Waals surface area contributed by atoms with Gasteiger partial charge >= 0.3 is 6.18 Å². The number of rotatable bonds is 9. The van der Waals surface area contributed by atoms with Crippen LogP contribution in [0.5, 0.6) is 5.75 Å². The molecule has 1 aliphatic heterocycles. The van der Waals surface area contributed by atoms with Crippen molar-refractivity contribution >= 4 is 28.2 Å². The zero-order chi connectivity index (χ0) is 26.6. The van der Waals surface area contributed by atoms with Crippen molar-refractivity contribution in [2.45, 2.75) is 19.6 Å². The number of carbonyl (C=O) groups is 1. The molecule has 0 saturated carbocycles. The first-order chi connectivity index (χ1) is 17.6. The number of benzene rings is 2. The number of hydrogen-bond acceptors (Lipinski definition) is 7. The van der Waals surface area contributed by atoms with E-state index in [9.17, 15) is 18.0 Å². The van der Waals surface area contributed by atoms with Gasteiger partial charge in [-0.05, 0) is 36.2 Å². The molecular formula is C26H27F3N4O3S. The van der Waals surface area contributed by atoms with Crippen LogP contribution in [-0.2, 0) is 17.5 Å². The third-order valence-electron chi connectivity index (χ3n) is 5.97. The lowest BCUT2D eigenvalue weighted by Crippen LogP contribution is -2.36. The highest BCUT2D eigenvalue weighted by molar-refractivity contribution is 7.18.